The summed E-state index contributed by atoms with van der Waals surface area (Å²) in [7, 11) is 1.63. The fourth-order valence-electron chi connectivity index (χ4n) is 2.72. The van der Waals surface area contributed by atoms with Crippen LogP contribution in [0.5, 0.6) is 11.5 Å². The molecule has 0 bridgehead atoms. The maximum Gasteiger partial charge on any atom is 0.325 e. The van der Waals surface area contributed by atoms with Crippen LogP contribution < -0.4 is 20.1 Å². The first-order valence-corrected chi connectivity index (χ1v) is 8.33. The molecule has 146 valence electrons. The van der Waals surface area contributed by atoms with Crippen molar-refractivity contribution in [3.05, 3.63) is 58.1 Å². The number of hydrogen-bond acceptors (Lipinski definition) is 7. The molecule has 3 amide bonds. The molecule has 0 aromatic heterocycles. The molecule has 2 aromatic carbocycles. The first kappa shape index (κ1) is 19.1. The van der Waals surface area contributed by atoms with Gasteiger partial charge in [-0.1, -0.05) is 18.2 Å². The zero-order valence-electron chi connectivity index (χ0n) is 15.0. The molecular formula is C18H18N4O6. The van der Waals surface area contributed by atoms with E-state index < -0.39 is 16.9 Å². The van der Waals surface area contributed by atoms with Crippen molar-refractivity contribution >= 4 is 23.3 Å². The van der Waals surface area contributed by atoms with E-state index >= 15 is 0 Å². The third kappa shape index (κ3) is 4.74. The van der Waals surface area contributed by atoms with Gasteiger partial charge in [-0.15, -0.1) is 0 Å². The van der Waals surface area contributed by atoms with Crippen molar-refractivity contribution in [2.24, 2.45) is 0 Å². The van der Waals surface area contributed by atoms with Crippen LogP contribution in [0.1, 0.15) is 5.56 Å². The monoisotopic (exact) mass is 386 g/mol. The maximum atomic E-state index is 12.1. The molecule has 0 unspecified atom stereocenters. The van der Waals surface area contributed by atoms with Gasteiger partial charge in [0.1, 0.15) is 0 Å². The summed E-state index contributed by atoms with van der Waals surface area (Å²) in [5.41, 5.74) is 0.908. The minimum Gasteiger partial charge on any atom is -0.454 e. The molecule has 2 N–H and O–H groups in total. The predicted octanol–water partition coefficient (Wildman–Crippen LogP) is 2.10. The van der Waals surface area contributed by atoms with Crippen LogP contribution in [0.3, 0.4) is 0 Å². The average Bonchev–Trinajstić information content (AvgIpc) is 3.09. The molecule has 10 nitrogen and oxygen atoms in total. The zero-order chi connectivity index (χ0) is 20.1. The molecule has 1 aliphatic rings. The number of rotatable bonds is 6. The molecular weight excluding hydrogens is 368 g/mol. The second kappa shape index (κ2) is 8.35. The largest absolute Gasteiger partial charge is 0.454 e. The number of carbonyl (C=O) groups excluding carboxylic acids is 2. The Hall–Kier alpha value is -3.66. The molecule has 0 fully saturated rings. The van der Waals surface area contributed by atoms with Gasteiger partial charge in [-0.3, -0.25) is 25.1 Å². The number of anilines is 1. The fourth-order valence-corrected chi connectivity index (χ4v) is 2.72. The maximum absolute atomic E-state index is 12.1. The van der Waals surface area contributed by atoms with Gasteiger partial charge in [0.05, 0.1) is 11.5 Å². The normalized spacial score (nSPS) is 11.9. The lowest BCUT2D eigenvalue weighted by Crippen LogP contribution is -2.40. The highest BCUT2D eigenvalue weighted by atomic mass is 16.7. The van der Waals surface area contributed by atoms with E-state index in [1.807, 2.05) is 0 Å². The molecule has 0 radical (unpaired) electrons. The van der Waals surface area contributed by atoms with Gasteiger partial charge in [0, 0.05) is 29.9 Å². The highest BCUT2D eigenvalue weighted by Gasteiger charge is 2.17. The van der Waals surface area contributed by atoms with E-state index in [-0.39, 0.29) is 25.6 Å². The van der Waals surface area contributed by atoms with E-state index in [0.29, 0.717) is 22.7 Å². The third-order valence-corrected chi connectivity index (χ3v) is 3.93. The number of amides is 3. The molecule has 0 atom stereocenters. The second-order valence-corrected chi connectivity index (χ2v) is 6.13. The molecule has 0 aliphatic carbocycles. The van der Waals surface area contributed by atoms with E-state index in [9.17, 15) is 19.7 Å². The minimum absolute atomic E-state index is 0.0182. The Morgan fingerprint density at radius 3 is 2.71 bits per heavy atom. The number of hydrogen-bond donors (Lipinski definition) is 2. The number of para-hydroxylation sites is 1. The van der Waals surface area contributed by atoms with Crippen LogP contribution in [0.4, 0.5) is 16.2 Å². The van der Waals surface area contributed by atoms with Crippen LogP contribution in [-0.2, 0) is 11.3 Å². The van der Waals surface area contributed by atoms with E-state index in [0.717, 1.165) is 0 Å². The summed E-state index contributed by atoms with van der Waals surface area (Å²) < 4.78 is 10.4. The Labute approximate surface area is 160 Å². The summed E-state index contributed by atoms with van der Waals surface area (Å²) in [6, 6.07) is 10.5. The number of nitrogens with zero attached hydrogens (tertiary/aromatic N) is 2. The fraction of sp³-hybridized carbons (Fsp3) is 0.222. The number of carbonyl (C=O) groups is 2. The molecule has 28 heavy (non-hydrogen) atoms. The molecule has 0 spiro atoms. The van der Waals surface area contributed by atoms with Crippen LogP contribution in [0.2, 0.25) is 0 Å². The van der Waals surface area contributed by atoms with Crippen LogP contribution in [0.15, 0.2) is 42.5 Å². The standard InChI is InChI=1S/C18H18N4O6/c1-21(9-12-4-2-3-5-14(12)22(25)26)10-17(23)20-18(24)19-13-6-7-15-16(8-13)28-11-27-15/h2-8H,9-11H2,1H3,(H2,19,20,23,24). The first-order valence-electron chi connectivity index (χ1n) is 8.33. The summed E-state index contributed by atoms with van der Waals surface area (Å²) in [5, 5.41) is 15.8. The Morgan fingerprint density at radius 2 is 1.93 bits per heavy atom. The summed E-state index contributed by atoms with van der Waals surface area (Å²) in [4.78, 5) is 36.2. The highest BCUT2D eigenvalue weighted by molar-refractivity contribution is 6.01. The summed E-state index contributed by atoms with van der Waals surface area (Å²) in [6.45, 7) is 0.199. The predicted molar refractivity (Wildman–Crippen MR) is 99.2 cm³/mol. The van der Waals surface area contributed by atoms with Gasteiger partial charge in [0.15, 0.2) is 11.5 Å². The molecule has 0 saturated heterocycles. The van der Waals surface area contributed by atoms with E-state index in [1.54, 1.807) is 48.3 Å². The number of nitro benzene ring substituents is 1. The molecule has 3 rings (SSSR count). The van der Waals surface area contributed by atoms with E-state index in [4.69, 9.17) is 9.47 Å². The Morgan fingerprint density at radius 1 is 1.18 bits per heavy atom. The SMILES string of the molecule is CN(CC(=O)NC(=O)Nc1ccc2c(c1)OCO2)Cc1ccccc1[N+](=O)[O-]. The van der Waals surface area contributed by atoms with Gasteiger partial charge < -0.3 is 14.8 Å². The van der Waals surface area contributed by atoms with Gasteiger partial charge in [-0.2, -0.15) is 0 Å². The van der Waals surface area contributed by atoms with Crippen molar-refractivity contribution in [1.82, 2.24) is 10.2 Å². The Bertz CT molecular complexity index is 917. The number of imide groups is 1. The number of nitrogens with one attached hydrogen (secondary N) is 2. The van der Waals surface area contributed by atoms with Crippen LogP contribution in [0, 0.1) is 10.1 Å². The molecule has 0 saturated carbocycles. The van der Waals surface area contributed by atoms with E-state index in [2.05, 4.69) is 10.6 Å². The van der Waals surface area contributed by atoms with Crippen molar-refractivity contribution in [1.29, 1.82) is 0 Å². The lowest BCUT2D eigenvalue weighted by atomic mass is 10.1. The van der Waals surface area contributed by atoms with Crippen molar-refractivity contribution in [2.45, 2.75) is 6.54 Å². The smallest absolute Gasteiger partial charge is 0.325 e. The Balaban J connectivity index is 1.51. The zero-order valence-corrected chi connectivity index (χ0v) is 15.0. The first-order chi connectivity index (χ1) is 13.4. The van der Waals surface area contributed by atoms with Gasteiger partial charge in [-0.05, 0) is 19.2 Å². The number of nitro groups is 1. The molecule has 2 aromatic rings. The van der Waals surface area contributed by atoms with Crippen LogP contribution in [0.25, 0.3) is 0 Å². The molecule has 1 heterocycles. The van der Waals surface area contributed by atoms with Crippen molar-refractivity contribution in [3.8, 4) is 11.5 Å². The van der Waals surface area contributed by atoms with Gasteiger partial charge in [0.2, 0.25) is 12.7 Å². The van der Waals surface area contributed by atoms with Crippen LogP contribution >= 0.6 is 0 Å². The van der Waals surface area contributed by atoms with E-state index in [1.165, 1.54) is 6.07 Å². The number of likely N-dealkylation sites (N-methyl/N-ethyl adjacent to an activating group) is 1. The van der Waals surface area contributed by atoms with Crippen molar-refractivity contribution in [3.63, 3.8) is 0 Å². The lowest BCUT2D eigenvalue weighted by molar-refractivity contribution is -0.385. The lowest BCUT2D eigenvalue weighted by Gasteiger charge is -2.16. The van der Waals surface area contributed by atoms with Crippen molar-refractivity contribution in [2.75, 3.05) is 25.7 Å². The summed E-state index contributed by atoms with van der Waals surface area (Å²) in [5.74, 6) is 0.548. The van der Waals surface area contributed by atoms with Crippen molar-refractivity contribution < 1.29 is 24.0 Å². The van der Waals surface area contributed by atoms with Gasteiger partial charge in [0.25, 0.3) is 5.69 Å². The minimum atomic E-state index is -0.692. The second-order valence-electron chi connectivity index (χ2n) is 6.13. The summed E-state index contributed by atoms with van der Waals surface area (Å²) >= 11 is 0. The Kier molecular flexibility index (Phi) is 5.70. The highest BCUT2D eigenvalue weighted by Crippen LogP contribution is 2.34. The number of urea groups is 1. The molecule has 1 aliphatic heterocycles. The summed E-state index contributed by atoms with van der Waals surface area (Å²) in [6.07, 6.45) is 0. The topological polar surface area (TPSA) is 123 Å². The number of benzene rings is 2. The van der Waals surface area contributed by atoms with Crippen LogP contribution in [-0.4, -0.2) is 42.1 Å². The number of ether oxygens (including phenoxy) is 2. The number of fused-ring (bicyclic) bond motifs is 1. The van der Waals surface area contributed by atoms with Gasteiger partial charge >= 0.3 is 6.03 Å². The molecule has 10 heteroatoms. The third-order valence-electron chi connectivity index (χ3n) is 3.93. The quantitative estimate of drug-likeness (QED) is 0.576. The average molecular weight is 386 g/mol. The van der Waals surface area contributed by atoms with Gasteiger partial charge in [-0.25, -0.2) is 4.79 Å².